The van der Waals surface area contributed by atoms with Crippen LogP contribution >= 0.6 is 0 Å². The lowest BCUT2D eigenvalue weighted by atomic mass is 9.60. The fourth-order valence-corrected chi connectivity index (χ4v) is 5.31. The van der Waals surface area contributed by atoms with E-state index in [4.69, 9.17) is 14.3 Å². The zero-order valence-electron chi connectivity index (χ0n) is 12.0. The molecule has 5 heteroatoms. The van der Waals surface area contributed by atoms with Crippen LogP contribution in [0.1, 0.15) is 39.5 Å². The van der Waals surface area contributed by atoms with Crippen LogP contribution in [0, 0.1) is 11.8 Å². The Hall–Kier alpha value is -0.650. The van der Waals surface area contributed by atoms with Gasteiger partial charge in [-0.1, -0.05) is 20.3 Å². The van der Waals surface area contributed by atoms with Crippen molar-refractivity contribution in [2.45, 2.75) is 69.0 Å². The highest BCUT2D eigenvalue weighted by atomic mass is 16.8. The second-order valence-electron chi connectivity index (χ2n) is 7.32. The maximum Gasteiger partial charge on any atom is 0.339 e. The van der Waals surface area contributed by atoms with E-state index in [-0.39, 0.29) is 24.2 Å². The van der Waals surface area contributed by atoms with Crippen LogP contribution in [0.2, 0.25) is 0 Å². The number of hydrogen-bond acceptors (Lipinski definition) is 5. The van der Waals surface area contributed by atoms with E-state index in [1.807, 2.05) is 0 Å². The van der Waals surface area contributed by atoms with Gasteiger partial charge < -0.3 is 9.47 Å². The van der Waals surface area contributed by atoms with Crippen LogP contribution in [-0.4, -0.2) is 47.0 Å². The van der Waals surface area contributed by atoms with Gasteiger partial charge in [-0.15, -0.1) is 0 Å². The summed E-state index contributed by atoms with van der Waals surface area (Å²) in [5.74, 6) is 0.725. The minimum Gasteiger partial charge on any atom is -0.452 e. The molecule has 0 aromatic rings. The van der Waals surface area contributed by atoms with Crippen molar-refractivity contribution in [2.75, 3.05) is 6.54 Å². The third-order valence-corrected chi connectivity index (χ3v) is 6.47. The summed E-state index contributed by atoms with van der Waals surface area (Å²) in [7, 11) is 0. The quantitative estimate of drug-likeness (QED) is 0.493. The zero-order chi connectivity index (χ0) is 13.7. The summed E-state index contributed by atoms with van der Waals surface area (Å²) < 4.78 is 11.9. The molecule has 0 N–H and O–H groups in total. The number of fused-ring (bicyclic) bond motifs is 1. The number of carbonyl (C=O) groups is 1. The van der Waals surface area contributed by atoms with Crippen LogP contribution in [0.15, 0.2) is 0 Å². The van der Waals surface area contributed by atoms with Gasteiger partial charge in [0.25, 0.3) is 0 Å². The van der Waals surface area contributed by atoms with Crippen molar-refractivity contribution < 1.29 is 19.1 Å². The molecule has 0 amide bonds. The average Bonchev–Trinajstić information content (AvgIpc) is 3.12. The summed E-state index contributed by atoms with van der Waals surface area (Å²) in [6.07, 6.45) is 3.90. The molecule has 2 bridgehead atoms. The Bertz CT molecular complexity index is 496. The fraction of sp³-hybridized carbons (Fsp3) is 0.933. The molecule has 110 valence electrons. The van der Waals surface area contributed by atoms with Crippen LogP contribution in [0.4, 0.5) is 0 Å². The van der Waals surface area contributed by atoms with E-state index in [2.05, 4.69) is 18.9 Å². The molecule has 20 heavy (non-hydrogen) atoms. The van der Waals surface area contributed by atoms with Gasteiger partial charge in [0.15, 0.2) is 17.3 Å². The Morgan fingerprint density at radius 1 is 1.30 bits per heavy atom. The number of ether oxygens (including phenoxy) is 2. The fourth-order valence-electron chi connectivity index (χ4n) is 5.31. The highest BCUT2D eigenvalue weighted by Crippen LogP contribution is 2.68. The van der Waals surface area contributed by atoms with Crippen molar-refractivity contribution >= 4 is 5.97 Å². The molecule has 5 rings (SSSR count). The Kier molecular flexibility index (Phi) is 2.03. The Morgan fingerprint density at radius 2 is 2.15 bits per heavy atom. The highest BCUT2D eigenvalue weighted by molar-refractivity contribution is 5.85. The van der Waals surface area contributed by atoms with Crippen molar-refractivity contribution in [1.82, 2.24) is 5.06 Å². The summed E-state index contributed by atoms with van der Waals surface area (Å²) >= 11 is 0. The van der Waals surface area contributed by atoms with E-state index in [1.165, 1.54) is 6.42 Å². The molecule has 1 aliphatic carbocycles. The predicted octanol–water partition coefficient (Wildman–Crippen LogP) is 1.26. The Labute approximate surface area is 118 Å². The minimum absolute atomic E-state index is 0.0305. The number of piperidine rings is 1. The first-order valence-electron chi connectivity index (χ1n) is 7.94. The summed E-state index contributed by atoms with van der Waals surface area (Å²) in [6.45, 7) is 5.42. The van der Waals surface area contributed by atoms with E-state index in [9.17, 15) is 4.79 Å². The van der Waals surface area contributed by atoms with Crippen LogP contribution in [0.25, 0.3) is 0 Å². The monoisotopic (exact) mass is 279 g/mol. The van der Waals surface area contributed by atoms with Gasteiger partial charge in [-0.05, 0) is 31.1 Å². The van der Waals surface area contributed by atoms with Gasteiger partial charge in [0.05, 0.1) is 6.04 Å². The molecule has 1 spiro atoms. The van der Waals surface area contributed by atoms with Gasteiger partial charge in [0, 0.05) is 6.54 Å². The first kappa shape index (κ1) is 12.0. The van der Waals surface area contributed by atoms with Gasteiger partial charge in [0.1, 0.15) is 6.10 Å². The average molecular weight is 279 g/mol. The van der Waals surface area contributed by atoms with Crippen molar-refractivity contribution in [3.63, 3.8) is 0 Å². The molecule has 4 heterocycles. The largest absolute Gasteiger partial charge is 0.452 e. The lowest BCUT2D eigenvalue weighted by Gasteiger charge is -2.59. The lowest BCUT2D eigenvalue weighted by Crippen LogP contribution is -2.75. The van der Waals surface area contributed by atoms with Crippen molar-refractivity contribution in [2.24, 2.45) is 11.8 Å². The molecule has 0 aromatic heterocycles. The third kappa shape index (κ3) is 1.05. The van der Waals surface area contributed by atoms with Crippen molar-refractivity contribution in [1.29, 1.82) is 0 Å². The molecule has 7 atom stereocenters. The second kappa shape index (κ2) is 3.39. The normalized spacial score (nSPS) is 60.3. The summed E-state index contributed by atoms with van der Waals surface area (Å²) in [4.78, 5) is 18.5. The lowest BCUT2D eigenvalue weighted by molar-refractivity contribution is -0.361. The zero-order valence-corrected chi connectivity index (χ0v) is 12.0. The first-order chi connectivity index (χ1) is 9.60. The van der Waals surface area contributed by atoms with E-state index in [0.29, 0.717) is 11.8 Å². The molecule has 5 unspecified atom stereocenters. The smallest absolute Gasteiger partial charge is 0.339 e. The van der Waals surface area contributed by atoms with E-state index in [0.717, 1.165) is 25.8 Å². The minimum atomic E-state index is -0.478. The maximum atomic E-state index is 12.2. The molecular formula is C15H21NO4. The SMILES string of the molecule is CC1C[C@]23OC(=O)C4OC42[C@@H](ON2CCCCC23)C1C. The number of epoxide rings is 1. The summed E-state index contributed by atoms with van der Waals surface area (Å²) in [5.41, 5.74) is -0.932. The molecule has 5 aliphatic rings. The standard InChI is InChI=1S/C15H21NO4/c1-8-7-14-10-5-3-4-6-16(10)20-11(9(8)2)15(14)12(18-15)13(17)19-14/h8-12H,3-7H2,1-2H3/t8?,9?,10?,11-,12?,14+,15?/m0/s1. The second-order valence-corrected chi connectivity index (χ2v) is 7.32. The topological polar surface area (TPSA) is 51.3 Å². The number of hydrogen-bond donors (Lipinski definition) is 0. The molecule has 4 aliphatic heterocycles. The van der Waals surface area contributed by atoms with Gasteiger partial charge in [-0.2, -0.15) is 5.06 Å². The molecule has 5 nitrogen and oxygen atoms in total. The highest BCUT2D eigenvalue weighted by Gasteiger charge is 2.89. The first-order valence-corrected chi connectivity index (χ1v) is 7.94. The van der Waals surface area contributed by atoms with E-state index < -0.39 is 11.2 Å². The van der Waals surface area contributed by atoms with Gasteiger partial charge in [-0.25, -0.2) is 4.79 Å². The van der Waals surface area contributed by atoms with Gasteiger partial charge in [0.2, 0.25) is 0 Å². The van der Waals surface area contributed by atoms with E-state index in [1.54, 1.807) is 0 Å². The molecule has 4 saturated heterocycles. The number of carbonyl (C=O) groups excluding carboxylic acids is 1. The van der Waals surface area contributed by atoms with Crippen molar-refractivity contribution in [3.8, 4) is 0 Å². The van der Waals surface area contributed by atoms with Gasteiger partial charge in [-0.3, -0.25) is 4.84 Å². The molecule has 0 aromatic carbocycles. The number of nitrogens with zero attached hydrogens (tertiary/aromatic N) is 1. The summed E-state index contributed by atoms with van der Waals surface area (Å²) in [5, 5.41) is 2.11. The molecular weight excluding hydrogens is 258 g/mol. The van der Waals surface area contributed by atoms with Crippen LogP contribution < -0.4 is 0 Å². The van der Waals surface area contributed by atoms with Crippen LogP contribution in [0.5, 0.6) is 0 Å². The predicted molar refractivity (Wildman–Crippen MR) is 68.6 cm³/mol. The van der Waals surface area contributed by atoms with Crippen molar-refractivity contribution in [3.05, 3.63) is 0 Å². The van der Waals surface area contributed by atoms with Gasteiger partial charge >= 0.3 is 5.97 Å². The van der Waals surface area contributed by atoms with E-state index >= 15 is 0 Å². The number of rotatable bonds is 0. The summed E-state index contributed by atoms with van der Waals surface area (Å²) in [6, 6.07) is 0.180. The van der Waals surface area contributed by atoms with Crippen LogP contribution in [0.3, 0.4) is 0 Å². The Morgan fingerprint density at radius 3 is 2.95 bits per heavy atom. The molecule has 0 radical (unpaired) electrons. The number of esters is 1. The molecule has 5 fully saturated rings. The maximum absolute atomic E-state index is 12.2. The third-order valence-electron chi connectivity index (χ3n) is 6.47. The molecule has 1 saturated carbocycles. The van der Waals surface area contributed by atoms with Crippen LogP contribution in [-0.2, 0) is 19.1 Å². The number of hydroxylamine groups is 2. The Balaban J connectivity index is 1.67.